The Morgan fingerprint density at radius 1 is 1.26 bits per heavy atom. The lowest BCUT2D eigenvalue weighted by Crippen LogP contribution is -2.27. The van der Waals surface area contributed by atoms with Crippen molar-refractivity contribution < 1.29 is 18.9 Å². The van der Waals surface area contributed by atoms with Crippen molar-refractivity contribution in [2.75, 3.05) is 27.1 Å². The van der Waals surface area contributed by atoms with E-state index in [0.717, 1.165) is 37.4 Å². The van der Waals surface area contributed by atoms with E-state index >= 15 is 0 Å². The van der Waals surface area contributed by atoms with Crippen LogP contribution in [0, 0.1) is 5.92 Å². The Bertz CT molecular complexity index is 457. The molecule has 2 aliphatic heterocycles. The predicted molar refractivity (Wildman–Crippen MR) is 69.6 cm³/mol. The highest BCUT2D eigenvalue weighted by Crippen LogP contribution is 2.44. The lowest BCUT2D eigenvalue weighted by molar-refractivity contribution is 0.0583. The summed E-state index contributed by atoms with van der Waals surface area (Å²) in [5, 5.41) is 0. The van der Waals surface area contributed by atoms with Crippen LogP contribution in [0.4, 0.5) is 0 Å². The van der Waals surface area contributed by atoms with Crippen LogP contribution < -0.4 is 19.9 Å². The van der Waals surface area contributed by atoms with Gasteiger partial charge in [0.1, 0.15) is 0 Å². The molecule has 5 nitrogen and oxygen atoms in total. The Morgan fingerprint density at radius 3 is 2.79 bits per heavy atom. The van der Waals surface area contributed by atoms with Gasteiger partial charge in [-0.3, -0.25) is 0 Å². The molecule has 3 rings (SSSR count). The third-order valence-corrected chi connectivity index (χ3v) is 3.84. The summed E-state index contributed by atoms with van der Waals surface area (Å²) >= 11 is 0. The highest BCUT2D eigenvalue weighted by atomic mass is 16.7. The average molecular weight is 265 g/mol. The molecule has 0 bridgehead atoms. The zero-order valence-corrected chi connectivity index (χ0v) is 11.1. The van der Waals surface area contributed by atoms with E-state index in [-0.39, 0.29) is 12.8 Å². The first-order chi connectivity index (χ1) is 9.29. The van der Waals surface area contributed by atoms with Crippen molar-refractivity contribution in [2.24, 2.45) is 11.7 Å². The zero-order chi connectivity index (χ0) is 13.2. The van der Waals surface area contributed by atoms with Gasteiger partial charge in [0.15, 0.2) is 11.5 Å². The summed E-state index contributed by atoms with van der Waals surface area (Å²) in [6, 6.07) is 3.89. The van der Waals surface area contributed by atoms with Crippen molar-refractivity contribution in [3.63, 3.8) is 0 Å². The van der Waals surface area contributed by atoms with Crippen LogP contribution in [0.5, 0.6) is 17.2 Å². The lowest BCUT2D eigenvalue weighted by atomic mass is 9.87. The molecule has 0 radical (unpaired) electrons. The van der Waals surface area contributed by atoms with Crippen LogP contribution in [0.25, 0.3) is 0 Å². The Kier molecular flexibility index (Phi) is 3.48. The number of benzene rings is 1. The van der Waals surface area contributed by atoms with E-state index in [2.05, 4.69) is 0 Å². The quantitative estimate of drug-likeness (QED) is 0.903. The normalized spacial score (nSPS) is 20.3. The Labute approximate surface area is 112 Å². The molecular weight excluding hydrogens is 246 g/mol. The van der Waals surface area contributed by atoms with Gasteiger partial charge in [-0.15, -0.1) is 0 Å². The summed E-state index contributed by atoms with van der Waals surface area (Å²) in [4.78, 5) is 0. The van der Waals surface area contributed by atoms with Gasteiger partial charge in [-0.1, -0.05) is 0 Å². The molecule has 0 saturated carbocycles. The SMILES string of the molecule is COc1cc([C@H](N)C2CCOCC2)cc2c1OCO2. The maximum absolute atomic E-state index is 6.38. The molecule has 0 aromatic heterocycles. The number of hydrogen-bond acceptors (Lipinski definition) is 5. The van der Waals surface area contributed by atoms with Gasteiger partial charge in [0, 0.05) is 19.3 Å². The summed E-state index contributed by atoms with van der Waals surface area (Å²) in [7, 11) is 1.63. The zero-order valence-electron chi connectivity index (χ0n) is 11.1. The molecule has 2 heterocycles. The fourth-order valence-corrected chi connectivity index (χ4v) is 2.69. The summed E-state index contributed by atoms with van der Waals surface area (Å²) in [5.41, 5.74) is 7.42. The molecule has 2 N–H and O–H groups in total. The van der Waals surface area contributed by atoms with Gasteiger partial charge in [0.25, 0.3) is 0 Å². The third-order valence-electron chi connectivity index (χ3n) is 3.84. The Hall–Kier alpha value is -1.46. The summed E-state index contributed by atoms with van der Waals surface area (Å²) in [6.07, 6.45) is 2.00. The van der Waals surface area contributed by atoms with E-state index in [1.54, 1.807) is 7.11 Å². The number of nitrogens with two attached hydrogens (primary N) is 1. The second kappa shape index (κ2) is 5.27. The van der Waals surface area contributed by atoms with Crippen molar-refractivity contribution in [1.82, 2.24) is 0 Å². The van der Waals surface area contributed by atoms with Crippen LogP contribution >= 0.6 is 0 Å². The van der Waals surface area contributed by atoms with Crippen molar-refractivity contribution in [2.45, 2.75) is 18.9 Å². The summed E-state index contributed by atoms with van der Waals surface area (Å²) in [5.74, 6) is 2.52. The molecule has 0 spiro atoms. The van der Waals surface area contributed by atoms with E-state index < -0.39 is 0 Å². The number of methoxy groups -OCH3 is 1. The van der Waals surface area contributed by atoms with Crippen LogP contribution in [0.3, 0.4) is 0 Å². The number of ether oxygens (including phenoxy) is 4. The third kappa shape index (κ3) is 2.35. The highest BCUT2D eigenvalue weighted by molar-refractivity contribution is 5.55. The van der Waals surface area contributed by atoms with Crippen molar-refractivity contribution in [3.05, 3.63) is 17.7 Å². The van der Waals surface area contributed by atoms with Crippen LogP contribution in [0.15, 0.2) is 12.1 Å². The van der Waals surface area contributed by atoms with Crippen LogP contribution in [0.2, 0.25) is 0 Å². The first-order valence-electron chi connectivity index (χ1n) is 6.60. The first kappa shape index (κ1) is 12.6. The molecule has 1 fully saturated rings. The monoisotopic (exact) mass is 265 g/mol. The van der Waals surface area contributed by atoms with E-state index in [4.69, 9.17) is 24.7 Å². The average Bonchev–Trinajstić information content (AvgIpc) is 2.94. The van der Waals surface area contributed by atoms with Gasteiger partial charge in [0.05, 0.1) is 7.11 Å². The second-order valence-electron chi connectivity index (χ2n) is 4.93. The fourth-order valence-electron chi connectivity index (χ4n) is 2.69. The molecule has 0 aliphatic carbocycles. The molecule has 104 valence electrons. The van der Waals surface area contributed by atoms with E-state index in [9.17, 15) is 0 Å². The molecule has 0 amide bonds. The van der Waals surface area contributed by atoms with Gasteiger partial charge in [-0.25, -0.2) is 0 Å². The molecular formula is C14H19NO4. The maximum Gasteiger partial charge on any atom is 0.231 e. The number of fused-ring (bicyclic) bond motifs is 1. The topological polar surface area (TPSA) is 62.9 Å². The van der Waals surface area contributed by atoms with Crippen LogP contribution in [-0.4, -0.2) is 27.1 Å². The molecule has 1 aromatic rings. The molecule has 5 heteroatoms. The predicted octanol–water partition coefficient (Wildman–Crippen LogP) is 1.85. The Balaban J connectivity index is 1.87. The van der Waals surface area contributed by atoms with Gasteiger partial charge < -0.3 is 24.7 Å². The minimum Gasteiger partial charge on any atom is -0.493 e. The van der Waals surface area contributed by atoms with E-state index in [1.165, 1.54) is 0 Å². The molecule has 1 saturated heterocycles. The van der Waals surface area contributed by atoms with Crippen molar-refractivity contribution in [1.29, 1.82) is 0 Å². The van der Waals surface area contributed by atoms with Gasteiger partial charge in [-0.05, 0) is 36.5 Å². The largest absolute Gasteiger partial charge is 0.493 e. The molecule has 2 aliphatic rings. The minimum atomic E-state index is -0.0210. The number of rotatable bonds is 3. The Morgan fingerprint density at radius 2 is 2.05 bits per heavy atom. The maximum atomic E-state index is 6.38. The molecule has 0 unspecified atom stereocenters. The lowest BCUT2D eigenvalue weighted by Gasteiger charge is -2.28. The smallest absolute Gasteiger partial charge is 0.231 e. The molecule has 1 atom stereocenters. The molecule has 19 heavy (non-hydrogen) atoms. The van der Waals surface area contributed by atoms with Gasteiger partial charge in [-0.2, -0.15) is 0 Å². The van der Waals surface area contributed by atoms with Gasteiger partial charge in [0.2, 0.25) is 12.5 Å². The second-order valence-corrected chi connectivity index (χ2v) is 4.93. The highest BCUT2D eigenvalue weighted by Gasteiger charge is 2.26. The van der Waals surface area contributed by atoms with E-state index in [1.807, 2.05) is 12.1 Å². The minimum absolute atomic E-state index is 0.0210. The summed E-state index contributed by atoms with van der Waals surface area (Å²) < 4.78 is 21.6. The number of hydrogen-bond donors (Lipinski definition) is 1. The molecule has 1 aromatic carbocycles. The van der Waals surface area contributed by atoms with Crippen LogP contribution in [-0.2, 0) is 4.74 Å². The standard InChI is InChI=1S/C14H19NO4/c1-16-11-6-10(7-12-14(11)19-8-18-12)13(15)9-2-4-17-5-3-9/h6-7,9,13H,2-5,8,15H2,1H3/t13-/m1/s1. The van der Waals surface area contributed by atoms with Gasteiger partial charge >= 0.3 is 0 Å². The van der Waals surface area contributed by atoms with Crippen LogP contribution in [0.1, 0.15) is 24.4 Å². The van der Waals surface area contributed by atoms with Crippen molar-refractivity contribution in [3.8, 4) is 17.2 Å². The summed E-state index contributed by atoms with van der Waals surface area (Å²) in [6.45, 7) is 1.82. The fraction of sp³-hybridized carbons (Fsp3) is 0.571. The van der Waals surface area contributed by atoms with Crippen molar-refractivity contribution >= 4 is 0 Å². The first-order valence-corrected chi connectivity index (χ1v) is 6.60. The van der Waals surface area contributed by atoms with E-state index in [0.29, 0.717) is 17.4 Å².